The van der Waals surface area contributed by atoms with E-state index in [0.717, 1.165) is 191 Å². The average Bonchev–Trinajstić information content (AvgIpc) is 1.68. The molecule has 12 aromatic heterocycles. The summed E-state index contributed by atoms with van der Waals surface area (Å²) in [5.74, 6) is 0. The first-order valence-corrected chi connectivity index (χ1v) is 39.2. The average molecular weight is 1540 g/mol. The van der Waals surface area contributed by atoms with Gasteiger partial charge in [-0.15, -0.1) is 0 Å². The molecule has 0 aliphatic heterocycles. The molecule has 12 heterocycles. The number of likely N-dealkylation sites (N-methyl/N-ethyl adjacent to an activating group) is 1. The molecule has 10 N–H and O–H groups in total. The van der Waals surface area contributed by atoms with Crippen molar-refractivity contribution in [2.45, 2.75) is 126 Å². The summed E-state index contributed by atoms with van der Waals surface area (Å²) < 4.78 is 9.54. The molecule has 113 heavy (non-hydrogen) atoms. The van der Waals surface area contributed by atoms with Crippen molar-refractivity contribution in [3.8, 4) is 73.5 Å². The normalized spacial score (nSPS) is 11.3. The van der Waals surface area contributed by atoms with Gasteiger partial charge in [-0.1, -0.05) is 65.0 Å². The van der Waals surface area contributed by atoms with Crippen LogP contribution in [0.4, 0.5) is 0 Å². The second-order valence-corrected chi connectivity index (χ2v) is 28.7. The lowest BCUT2D eigenvalue weighted by Gasteiger charge is -2.15. The first-order valence-electron chi connectivity index (χ1n) is 39.2. The first-order chi connectivity index (χ1) is 55.0. The van der Waals surface area contributed by atoms with E-state index in [1.807, 2.05) is 126 Å². The Kier molecular flexibility index (Phi) is 34.1. The number of rotatable bonds is 34. The van der Waals surface area contributed by atoms with Crippen molar-refractivity contribution in [2.24, 2.45) is 19.8 Å². The van der Waals surface area contributed by atoms with Gasteiger partial charge >= 0.3 is 0 Å². The van der Waals surface area contributed by atoms with Crippen molar-refractivity contribution < 1.29 is 5.11 Å². The molecule has 0 fully saturated rings. The van der Waals surface area contributed by atoms with E-state index in [2.05, 4.69) is 253 Å². The Morgan fingerprint density at radius 2 is 0.823 bits per heavy atom. The fraction of sp³-hybridized carbons (Fsp3) is 0.427. The van der Waals surface area contributed by atoms with E-state index in [1.165, 1.54) is 44.3 Å². The van der Waals surface area contributed by atoms with Gasteiger partial charge in [-0.25, -0.2) is 4.68 Å². The maximum absolute atomic E-state index is 8.90. The highest BCUT2D eigenvalue weighted by atomic mass is 16.3. The number of benzene rings is 2. The molecule has 2 aromatic carbocycles. The van der Waals surface area contributed by atoms with E-state index >= 15 is 0 Å². The summed E-state index contributed by atoms with van der Waals surface area (Å²) in [5, 5.41) is 77.6. The number of aryl methyl sites for hydroxylation is 3. The van der Waals surface area contributed by atoms with Gasteiger partial charge in [-0.2, -0.15) is 56.1 Å². The van der Waals surface area contributed by atoms with Gasteiger partial charge in [0.05, 0.1) is 120 Å². The molecule has 0 atom stereocenters. The summed E-state index contributed by atoms with van der Waals surface area (Å²) in [6.07, 6.45) is 34.3. The van der Waals surface area contributed by atoms with Crippen LogP contribution in [0.1, 0.15) is 107 Å². The predicted octanol–water partition coefficient (Wildman–Crippen LogP) is 11.6. The monoisotopic (exact) mass is 1540 g/mol. The number of hydrogen-bond donors (Lipinski definition) is 9. The molecule has 31 nitrogen and oxygen atoms in total. The quantitative estimate of drug-likeness (QED) is 0.0181. The fourth-order valence-electron chi connectivity index (χ4n) is 13.4. The molecule has 31 heteroatoms. The summed E-state index contributed by atoms with van der Waals surface area (Å²) in [7, 11) is 16.7. The van der Waals surface area contributed by atoms with Gasteiger partial charge in [0.1, 0.15) is 0 Å². The predicted molar refractivity (Wildman–Crippen MR) is 449 cm³/mol. The van der Waals surface area contributed by atoms with Crippen LogP contribution in [0, 0.1) is 0 Å². The number of hydrogen-bond acceptors (Lipinski definition) is 19. The molecule has 14 rings (SSSR count). The van der Waals surface area contributed by atoms with Crippen LogP contribution in [-0.4, -0.2) is 244 Å². The summed E-state index contributed by atoms with van der Waals surface area (Å²) in [6.45, 7) is 26.8. The van der Waals surface area contributed by atoms with Crippen molar-refractivity contribution in [1.29, 1.82) is 0 Å². The molecule has 14 aromatic rings. The number of nitrogens with two attached hydrogens (primary N) is 1. The first kappa shape index (κ1) is 86.0. The van der Waals surface area contributed by atoms with Crippen LogP contribution >= 0.6 is 0 Å². The maximum Gasteiger partial charge on any atom is 0.0876 e. The largest absolute Gasteiger partial charge is 0.394 e. The number of aromatic amines is 7. The van der Waals surface area contributed by atoms with Gasteiger partial charge in [0, 0.05) is 171 Å². The molecular weight excluding hydrogens is 1420 g/mol. The number of aromatic nitrogens is 23. The van der Waals surface area contributed by atoms with Crippen LogP contribution in [0.2, 0.25) is 0 Å². The van der Waals surface area contributed by atoms with Crippen molar-refractivity contribution in [3.63, 3.8) is 0 Å². The minimum Gasteiger partial charge on any atom is -0.394 e. The highest BCUT2D eigenvalue weighted by Crippen LogP contribution is 2.29. The van der Waals surface area contributed by atoms with Crippen LogP contribution in [0.5, 0.6) is 0 Å². The highest BCUT2D eigenvalue weighted by Gasteiger charge is 2.18. The van der Waals surface area contributed by atoms with Crippen LogP contribution in [0.15, 0.2) is 160 Å². The number of para-hydroxylation sites is 1. The van der Waals surface area contributed by atoms with E-state index < -0.39 is 0 Å². The fourth-order valence-corrected chi connectivity index (χ4v) is 13.4. The van der Waals surface area contributed by atoms with Crippen molar-refractivity contribution in [3.05, 3.63) is 193 Å². The number of nitrogens with zero attached hydrogens (tertiary/aromatic N) is 22. The Morgan fingerprint density at radius 3 is 1.26 bits per heavy atom. The smallest absolute Gasteiger partial charge is 0.0876 e. The zero-order chi connectivity index (χ0) is 80.4. The van der Waals surface area contributed by atoms with Gasteiger partial charge in [-0.3, -0.25) is 49.7 Å². The summed E-state index contributed by atoms with van der Waals surface area (Å²) in [6, 6.07) is 22.7. The summed E-state index contributed by atoms with van der Waals surface area (Å²) >= 11 is 0. The topological polar surface area (TPSA) is 343 Å². The number of nitrogens with one attached hydrogen (secondary N) is 7. The van der Waals surface area contributed by atoms with Crippen molar-refractivity contribution >= 4 is 10.9 Å². The lowest BCUT2D eigenvalue weighted by molar-refractivity contribution is 0.269. The lowest BCUT2D eigenvalue weighted by atomic mass is 10.1. The highest BCUT2D eigenvalue weighted by molar-refractivity contribution is 5.85. The third kappa shape index (κ3) is 25.2. The van der Waals surface area contributed by atoms with Gasteiger partial charge in [0.25, 0.3) is 0 Å². The van der Waals surface area contributed by atoms with Gasteiger partial charge in [-0.05, 0) is 156 Å². The molecule has 0 saturated carbocycles. The van der Waals surface area contributed by atoms with Gasteiger partial charge in [0.2, 0.25) is 0 Å². The molecule has 0 spiro atoms. The Bertz CT molecular complexity index is 4890. The minimum absolute atomic E-state index is 0.0934. The number of H-pyrrole nitrogens is 7. The molecule has 0 saturated heterocycles. The van der Waals surface area contributed by atoms with Crippen molar-refractivity contribution in [1.82, 2.24) is 144 Å². The SMILES string of the molecule is CCCN(C)Cc1cn[nH]c1-c1ccn[nH]1.CCCN(C)Cc1cn[nH]c1-c1ccnn1C.CCCN(C)Cc1cn[nH]c1-c1cnn(-c2ccccc2)c1.CCCN(C)Cc1cn[nH]c1-c1cnn(CC)c1.CCCN(C)Cc1cn[nH]c1-c1cnn(CCO)c1.CN(CCN)Cc1cn[nH]c1-c1ccc2ccn(C)c2c1. The molecule has 0 aliphatic rings. The molecule has 0 unspecified atom stereocenters. The molecule has 0 bridgehead atoms. The van der Waals surface area contributed by atoms with Crippen LogP contribution in [-0.2, 0) is 66.5 Å². The third-order valence-electron chi connectivity index (χ3n) is 18.9. The van der Waals surface area contributed by atoms with Crippen LogP contribution < -0.4 is 5.73 Å². The van der Waals surface area contributed by atoms with E-state index in [4.69, 9.17) is 10.8 Å². The second kappa shape index (κ2) is 44.9. The molecule has 0 amide bonds. The Hall–Kier alpha value is -11.0. The number of aliphatic hydroxyl groups excluding tert-OH is 1. The van der Waals surface area contributed by atoms with E-state index in [9.17, 15) is 0 Å². The number of aliphatic hydroxyl groups is 1. The van der Waals surface area contributed by atoms with E-state index in [-0.39, 0.29) is 6.61 Å². The number of fused-ring (bicyclic) bond motifs is 1. The molecule has 604 valence electrons. The molecular formula is C82H120N30O. The zero-order valence-electron chi connectivity index (χ0n) is 68.7. The molecule has 0 radical (unpaired) electrons. The Labute approximate surface area is 664 Å². The Morgan fingerprint density at radius 1 is 0.398 bits per heavy atom. The van der Waals surface area contributed by atoms with Gasteiger partial charge in [0.15, 0.2) is 0 Å². The summed E-state index contributed by atoms with van der Waals surface area (Å²) in [4.78, 5) is 13.7. The maximum atomic E-state index is 8.90. The standard InChI is InChI=1S/C17H21N5.C16H21N5.C13H21N5O.C13H21N5.C12H19N5.C11H17N5/c1-3-9-21(2)12-14-10-18-20-17(14)15-11-19-22(13-15)16-7-5-4-6-8-16;1-20(8-6-17)11-14-10-18-19-16(14)13-4-3-12-5-7-21(2)15(12)9-13;1-3-4-17(2)9-11-7-14-16-13(11)12-8-15-18(10-12)5-6-19;1-4-6-17(3)9-11-7-14-16-13(11)12-8-15-18(5-2)10-12;1-4-7-16(2)9-10-8-13-15-12(10)11-5-6-14-17(11)3;1-3-6-16(2)8-9-7-13-15-11(9)10-4-5-12-14-10/h4-8,10-11,13H,3,9,12H2,1-2H3,(H,18,20);3-5,7,9-10H,6,8,11,17H2,1-2H3,(H,18,19);7-8,10,19H,3-6,9H2,1-2H3,(H,14,16);7-8,10H,4-6,9H2,1-3H3,(H,14,16);5-6,8H,4,7,9H2,1-3H3,(H,13,15);4-5,7H,3,6,8H2,1-2H3,(H,12,14)(H,13,15). The van der Waals surface area contributed by atoms with Crippen LogP contribution in [0.3, 0.4) is 0 Å². The van der Waals surface area contributed by atoms with Crippen molar-refractivity contribution in [2.75, 3.05) is 94.7 Å². The van der Waals surface area contributed by atoms with Crippen LogP contribution in [0.25, 0.3) is 84.4 Å². The second-order valence-electron chi connectivity index (χ2n) is 28.7. The molecule has 0 aliphatic carbocycles. The lowest BCUT2D eigenvalue weighted by Crippen LogP contribution is -2.25. The third-order valence-corrected chi connectivity index (χ3v) is 18.9. The Balaban J connectivity index is 0.000000156. The zero-order valence-corrected chi connectivity index (χ0v) is 68.7. The van der Waals surface area contributed by atoms with Gasteiger partial charge < -0.3 is 44.8 Å². The minimum atomic E-state index is 0.0934. The summed E-state index contributed by atoms with van der Waals surface area (Å²) in [5.41, 5.74) is 27.8. The van der Waals surface area contributed by atoms with E-state index in [0.29, 0.717) is 13.1 Å². The van der Waals surface area contributed by atoms with E-state index in [1.54, 1.807) is 23.3 Å².